The van der Waals surface area contributed by atoms with E-state index in [0.29, 0.717) is 6.04 Å². The van der Waals surface area contributed by atoms with Crippen molar-refractivity contribution in [2.45, 2.75) is 46.6 Å². The number of rotatable bonds is 3. The molecule has 1 fully saturated rings. The Hall–Kier alpha value is -1.51. The van der Waals surface area contributed by atoms with Crippen LogP contribution in [0.5, 0.6) is 0 Å². The molecule has 0 spiro atoms. The van der Waals surface area contributed by atoms with Gasteiger partial charge >= 0.3 is 0 Å². The second kappa shape index (κ2) is 6.29. The Bertz CT molecular complexity index is 484. The van der Waals surface area contributed by atoms with Crippen molar-refractivity contribution >= 4 is 11.6 Å². The van der Waals surface area contributed by atoms with Crippen molar-refractivity contribution < 1.29 is 4.79 Å². The zero-order valence-electron chi connectivity index (χ0n) is 13.1. The summed E-state index contributed by atoms with van der Waals surface area (Å²) in [5.74, 6) is 0.892. The minimum atomic E-state index is 0.170. The van der Waals surface area contributed by atoms with Crippen molar-refractivity contribution in [3.63, 3.8) is 0 Å². The molecule has 2 unspecified atom stereocenters. The number of carbonyl (C=O) groups is 1. The number of carbonyl (C=O) groups excluding carboxylic acids is 1. The molecular formula is C17H26N2O. The predicted molar refractivity (Wildman–Crippen MR) is 84.2 cm³/mol. The summed E-state index contributed by atoms with van der Waals surface area (Å²) in [6.45, 7) is 10.2. The normalized spacial score (nSPS) is 22.7. The molecule has 3 heteroatoms. The van der Waals surface area contributed by atoms with E-state index in [1.807, 2.05) is 24.0 Å². The average Bonchev–Trinajstić information content (AvgIpc) is 2.40. The summed E-state index contributed by atoms with van der Waals surface area (Å²) in [6.07, 6.45) is 2.21. The van der Waals surface area contributed by atoms with E-state index >= 15 is 0 Å². The van der Waals surface area contributed by atoms with Gasteiger partial charge in [-0.2, -0.15) is 0 Å². The number of likely N-dealkylation sites (tertiary alicyclic amines) is 1. The fourth-order valence-corrected chi connectivity index (χ4v) is 3.04. The number of amides is 1. The van der Waals surface area contributed by atoms with Crippen LogP contribution >= 0.6 is 0 Å². The van der Waals surface area contributed by atoms with Gasteiger partial charge in [-0.3, -0.25) is 4.79 Å². The van der Waals surface area contributed by atoms with Gasteiger partial charge in [-0.25, -0.2) is 0 Å². The van der Waals surface area contributed by atoms with Crippen molar-refractivity contribution in [3.05, 3.63) is 29.3 Å². The molecule has 1 aliphatic heterocycles. The number of nitrogens with zero attached hydrogens (tertiary/aromatic N) is 1. The zero-order valence-corrected chi connectivity index (χ0v) is 13.1. The average molecular weight is 274 g/mol. The van der Waals surface area contributed by atoms with Crippen LogP contribution < -0.4 is 5.32 Å². The van der Waals surface area contributed by atoms with Crippen LogP contribution in [0.4, 0.5) is 5.69 Å². The minimum Gasteiger partial charge on any atom is -0.385 e. The number of piperidine rings is 1. The molecule has 0 radical (unpaired) electrons. The third-order valence-corrected chi connectivity index (χ3v) is 4.17. The van der Waals surface area contributed by atoms with Crippen LogP contribution in [0.2, 0.25) is 0 Å². The van der Waals surface area contributed by atoms with E-state index < -0.39 is 0 Å². The van der Waals surface area contributed by atoms with Crippen molar-refractivity contribution in [2.24, 2.45) is 5.92 Å². The predicted octanol–water partition coefficient (Wildman–Crippen LogP) is 3.69. The highest BCUT2D eigenvalue weighted by Crippen LogP contribution is 2.26. The molecule has 1 aliphatic rings. The summed E-state index contributed by atoms with van der Waals surface area (Å²) in [6, 6.07) is 6.41. The first-order valence-corrected chi connectivity index (χ1v) is 7.68. The second-order valence-electron chi connectivity index (χ2n) is 6.06. The van der Waals surface area contributed by atoms with Crippen LogP contribution in [-0.2, 0) is 0 Å². The van der Waals surface area contributed by atoms with Crippen LogP contribution in [-0.4, -0.2) is 29.9 Å². The van der Waals surface area contributed by atoms with Gasteiger partial charge in [-0.1, -0.05) is 18.6 Å². The smallest absolute Gasteiger partial charge is 0.256 e. The lowest BCUT2D eigenvalue weighted by Crippen LogP contribution is -2.44. The van der Waals surface area contributed by atoms with Crippen molar-refractivity contribution in [2.75, 3.05) is 18.4 Å². The third-order valence-electron chi connectivity index (χ3n) is 4.17. The molecule has 20 heavy (non-hydrogen) atoms. The van der Waals surface area contributed by atoms with Crippen LogP contribution in [0.15, 0.2) is 18.2 Å². The van der Waals surface area contributed by atoms with E-state index in [-0.39, 0.29) is 5.91 Å². The Kier molecular flexibility index (Phi) is 4.69. The van der Waals surface area contributed by atoms with Crippen LogP contribution in [0, 0.1) is 12.8 Å². The Balaban J connectivity index is 2.26. The van der Waals surface area contributed by atoms with Crippen LogP contribution in [0.25, 0.3) is 0 Å². The first-order valence-electron chi connectivity index (χ1n) is 7.68. The Labute approximate surface area is 122 Å². The monoisotopic (exact) mass is 274 g/mol. The molecule has 1 aromatic rings. The lowest BCUT2D eigenvalue weighted by atomic mass is 9.92. The molecule has 0 aliphatic carbocycles. The van der Waals surface area contributed by atoms with Crippen LogP contribution in [0.3, 0.4) is 0 Å². The molecule has 0 saturated carbocycles. The van der Waals surface area contributed by atoms with Crippen molar-refractivity contribution in [3.8, 4) is 0 Å². The number of hydrogen-bond acceptors (Lipinski definition) is 2. The van der Waals surface area contributed by atoms with E-state index in [1.54, 1.807) is 0 Å². The molecule has 0 aromatic heterocycles. The Morgan fingerprint density at radius 1 is 1.40 bits per heavy atom. The van der Waals surface area contributed by atoms with E-state index in [4.69, 9.17) is 0 Å². The van der Waals surface area contributed by atoms with Crippen LogP contribution in [0.1, 0.15) is 49.5 Å². The zero-order chi connectivity index (χ0) is 14.7. The molecule has 1 heterocycles. The van der Waals surface area contributed by atoms with Crippen molar-refractivity contribution in [1.82, 2.24) is 4.90 Å². The van der Waals surface area contributed by atoms with Crippen molar-refractivity contribution in [1.29, 1.82) is 0 Å². The Morgan fingerprint density at radius 3 is 2.80 bits per heavy atom. The number of aryl methyl sites for hydroxylation is 1. The molecule has 3 nitrogen and oxygen atoms in total. The maximum atomic E-state index is 12.9. The van der Waals surface area contributed by atoms with Gasteiger partial charge in [0.15, 0.2) is 0 Å². The quantitative estimate of drug-likeness (QED) is 0.911. The van der Waals surface area contributed by atoms with E-state index in [1.165, 1.54) is 0 Å². The lowest BCUT2D eigenvalue weighted by Gasteiger charge is -2.37. The summed E-state index contributed by atoms with van der Waals surface area (Å²) < 4.78 is 0. The van der Waals surface area contributed by atoms with Gasteiger partial charge in [0.1, 0.15) is 0 Å². The largest absolute Gasteiger partial charge is 0.385 e. The van der Waals surface area contributed by atoms with Gasteiger partial charge in [0, 0.05) is 24.8 Å². The molecule has 0 bridgehead atoms. The van der Waals surface area contributed by atoms with Gasteiger partial charge in [0.25, 0.3) is 5.91 Å². The number of hydrogen-bond donors (Lipinski definition) is 1. The first-order chi connectivity index (χ1) is 9.52. The topological polar surface area (TPSA) is 32.3 Å². The molecule has 1 amide bonds. The summed E-state index contributed by atoms with van der Waals surface area (Å²) in [4.78, 5) is 14.9. The summed E-state index contributed by atoms with van der Waals surface area (Å²) in [7, 11) is 0. The standard InChI is InChI=1S/C17H26N2O/c1-5-18-16-7-6-12(2)11-15(16)17(20)19-9-8-13(3)10-14(19)4/h6-7,11,13-14,18H,5,8-10H2,1-4H3. The fraction of sp³-hybridized carbons (Fsp3) is 0.588. The van der Waals surface area contributed by atoms with E-state index in [0.717, 1.165) is 48.7 Å². The maximum absolute atomic E-state index is 12.9. The first kappa shape index (κ1) is 14.9. The number of benzene rings is 1. The van der Waals surface area contributed by atoms with Gasteiger partial charge < -0.3 is 10.2 Å². The summed E-state index contributed by atoms with van der Waals surface area (Å²) in [5.41, 5.74) is 2.90. The van der Waals surface area contributed by atoms with E-state index in [9.17, 15) is 4.79 Å². The highest BCUT2D eigenvalue weighted by atomic mass is 16.2. The number of anilines is 1. The summed E-state index contributed by atoms with van der Waals surface area (Å²) in [5, 5.41) is 3.30. The Morgan fingerprint density at radius 2 is 2.15 bits per heavy atom. The van der Waals surface area contributed by atoms with Gasteiger partial charge in [-0.15, -0.1) is 0 Å². The molecule has 1 aromatic carbocycles. The van der Waals surface area contributed by atoms with Gasteiger partial charge in [0.2, 0.25) is 0 Å². The van der Waals surface area contributed by atoms with E-state index in [2.05, 4.69) is 32.2 Å². The third kappa shape index (κ3) is 3.14. The lowest BCUT2D eigenvalue weighted by molar-refractivity contribution is 0.0589. The molecule has 2 atom stereocenters. The second-order valence-corrected chi connectivity index (χ2v) is 6.06. The van der Waals surface area contributed by atoms with Gasteiger partial charge in [0.05, 0.1) is 5.56 Å². The summed E-state index contributed by atoms with van der Waals surface area (Å²) >= 11 is 0. The van der Waals surface area contributed by atoms with Gasteiger partial charge in [-0.05, 0) is 51.7 Å². The highest BCUT2D eigenvalue weighted by molar-refractivity contribution is 6.00. The minimum absolute atomic E-state index is 0.170. The SMILES string of the molecule is CCNc1ccc(C)cc1C(=O)N1CCC(C)CC1C. The fourth-order valence-electron chi connectivity index (χ4n) is 3.04. The highest BCUT2D eigenvalue weighted by Gasteiger charge is 2.28. The molecular weight excluding hydrogens is 248 g/mol. The molecule has 1 saturated heterocycles. The molecule has 1 N–H and O–H groups in total. The number of nitrogens with one attached hydrogen (secondary N) is 1. The maximum Gasteiger partial charge on any atom is 0.256 e. The molecule has 2 rings (SSSR count). The molecule has 110 valence electrons.